The molecule has 0 N–H and O–H groups in total. The molecule has 3 rings (SSSR count). The lowest BCUT2D eigenvalue weighted by molar-refractivity contribution is -0.120. The molecule has 6 heteroatoms. The van der Waals surface area contributed by atoms with E-state index in [0.29, 0.717) is 27.9 Å². The second kappa shape index (κ2) is 9.55. The van der Waals surface area contributed by atoms with Crippen LogP contribution in [-0.2, 0) is 4.79 Å². The molecule has 0 aliphatic carbocycles. The molecule has 150 valence electrons. The van der Waals surface area contributed by atoms with Gasteiger partial charge < -0.3 is 0 Å². The third-order valence-electron chi connectivity index (χ3n) is 4.79. The van der Waals surface area contributed by atoms with Crippen molar-refractivity contribution in [1.29, 1.82) is 0 Å². The van der Waals surface area contributed by atoms with E-state index in [2.05, 4.69) is 40.0 Å². The minimum Gasteiger partial charge on any atom is -0.299 e. The molecule has 1 aromatic heterocycles. The van der Waals surface area contributed by atoms with Crippen LogP contribution in [0.3, 0.4) is 0 Å². The van der Waals surface area contributed by atoms with Crippen LogP contribution in [0.2, 0.25) is 0 Å². The SMILES string of the molecule is CC(C)CCC(=O)C(C)c1cccc(-c2nnc(C(=O)c3cccc(Br)c3)s2)c1. The third-order valence-corrected chi connectivity index (χ3v) is 6.26. The highest BCUT2D eigenvalue weighted by atomic mass is 79.9. The predicted octanol–water partition coefficient (Wildman–Crippen LogP) is 6.31. The van der Waals surface area contributed by atoms with Crippen LogP contribution >= 0.6 is 27.3 Å². The van der Waals surface area contributed by atoms with E-state index in [1.807, 2.05) is 43.3 Å². The predicted molar refractivity (Wildman–Crippen MR) is 120 cm³/mol. The molecule has 0 aliphatic heterocycles. The van der Waals surface area contributed by atoms with Gasteiger partial charge in [0.2, 0.25) is 5.78 Å². The lowest BCUT2D eigenvalue weighted by Gasteiger charge is -2.12. The second-order valence-corrected chi connectivity index (χ2v) is 9.39. The fourth-order valence-corrected chi connectivity index (χ4v) is 4.16. The quantitative estimate of drug-likeness (QED) is 0.362. The van der Waals surface area contributed by atoms with Crippen molar-refractivity contribution < 1.29 is 9.59 Å². The Labute approximate surface area is 183 Å². The molecule has 0 aliphatic rings. The first-order chi connectivity index (χ1) is 13.8. The van der Waals surface area contributed by atoms with Crippen LogP contribution in [0.5, 0.6) is 0 Å². The molecule has 3 aromatic rings. The molecule has 4 nitrogen and oxygen atoms in total. The van der Waals surface area contributed by atoms with E-state index in [1.54, 1.807) is 12.1 Å². The lowest BCUT2D eigenvalue weighted by atomic mass is 9.91. The van der Waals surface area contributed by atoms with Crippen LogP contribution in [0.25, 0.3) is 10.6 Å². The summed E-state index contributed by atoms with van der Waals surface area (Å²) in [5.41, 5.74) is 2.41. The molecule has 0 bridgehead atoms. The Bertz CT molecular complexity index is 1030. The van der Waals surface area contributed by atoms with Crippen molar-refractivity contribution in [1.82, 2.24) is 10.2 Å². The number of benzene rings is 2. The van der Waals surface area contributed by atoms with Gasteiger partial charge in [0.15, 0.2) is 5.01 Å². The monoisotopic (exact) mass is 470 g/mol. The van der Waals surface area contributed by atoms with Crippen molar-refractivity contribution in [3.63, 3.8) is 0 Å². The molecular formula is C23H23BrN2O2S. The number of carbonyl (C=O) groups excluding carboxylic acids is 2. The van der Waals surface area contributed by atoms with Crippen molar-refractivity contribution >= 4 is 38.8 Å². The van der Waals surface area contributed by atoms with Crippen molar-refractivity contribution in [2.75, 3.05) is 0 Å². The van der Waals surface area contributed by atoms with Crippen molar-refractivity contribution in [2.24, 2.45) is 5.92 Å². The lowest BCUT2D eigenvalue weighted by Crippen LogP contribution is -2.10. The molecular weight excluding hydrogens is 448 g/mol. The van der Waals surface area contributed by atoms with Gasteiger partial charge in [-0.2, -0.15) is 0 Å². The van der Waals surface area contributed by atoms with E-state index in [9.17, 15) is 9.59 Å². The zero-order chi connectivity index (χ0) is 21.0. The minimum absolute atomic E-state index is 0.150. The highest BCUT2D eigenvalue weighted by Gasteiger charge is 2.19. The van der Waals surface area contributed by atoms with Crippen LogP contribution < -0.4 is 0 Å². The van der Waals surface area contributed by atoms with Crippen LogP contribution in [-0.4, -0.2) is 21.8 Å². The van der Waals surface area contributed by atoms with Gasteiger partial charge in [-0.3, -0.25) is 9.59 Å². The number of ketones is 2. The van der Waals surface area contributed by atoms with Gasteiger partial charge in [0.1, 0.15) is 10.8 Å². The molecule has 0 saturated heterocycles. The van der Waals surface area contributed by atoms with Crippen molar-refractivity contribution in [2.45, 2.75) is 39.5 Å². The Kier molecular flexibility index (Phi) is 7.09. The van der Waals surface area contributed by atoms with Gasteiger partial charge in [0.25, 0.3) is 0 Å². The molecule has 29 heavy (non-hydrogen) atoms. The van der Waals surface area contributed by atoms with Gasteiger partial charge >= 0.3 is 0 Å². The summed E-state index contributed by atoms with van der Waals surface area (Å²) < 4.78 is 0.844. The molecule has 1 unspecified atom stereocenters. The van der Waals surface area contributed by atoms with Crippen LogP contribution in [0.1, 0.15) is 60.5 Å². The summed E-state index contributed by atoms with van der Waals surface area (Å²) in [5, 5.41) is 9.33. The number of aromatic nitrogens is 2. The topological polar surface area (TPSA) is 59.9 Å². The van der Waals surface area contributed by atoms with Gasteiger partial charge in [-0.25, -0.2) is 0 Å². The van der Waals surface area contributed by atoms with Gasteiger partial charge in [0.05, 0.1) is 0 Å². The molecule has 0 radical (unpaired) electrons. The third kappa shape index (κ3) is 5.46. The van der Waals surface area contributed by atoms with E-state index < -0.39 is 0 Å². The largest absolute Gasteiger partial charge is 0.299 e. The summed E-state index contributed by atoms with van der Waals surface area (Å²) in [6, 6.07) is 15.0. The van der Waals surface area contributed by atoms with E-state index in [1.165, 1.54) is 11.3 Å². The number of halogens is 1. The molecule has 0 spiro atoms. The maximum Gasteiger partial charge on any atom is 0.223 e. The minimum atomic E-state index is -0.163. The average Bonchev–Trinajstić information content (AvgIpc) is 3.21. The van der Waals surface area contributed by atoms with Crippen molar-refractivity contribution in [3.05, 3.63) is 69.1 Å². The Hall–Kier alpha value is -2.18. The molecule has 0 saturated carbocycles. The second-order valence-electron chi connectivity index (χ2n) is 7.50. The van der Waals surface area contributed by atoms with Gasteiger partial charge in [-0.05, 0) is 36.1 Å². The van der Waals surface area contributed by atoms with Gasteiger partial charge in [0, 0.05) is 27.9 Å². The molecule has 0 amide bonds. The Balaban J connectivity index is 1.79. The standard InChI is InChI=1S/C23H23BrN2O2S/c1-14(2)10-11-20(27)15(3)16-6-4-8-18(12-16)22-25-26-23(29-22)21(28)17-7-5-9-19(24)13-17/h4-9,12-15H,10-11H2,1-3H3. The zero-order valence-corrected chi connectivity index (χ0v) is 19.1. The summed E-state index contributed by atoms with van der Waals surface area (Å²) in [5.74, 6) is 0.450. The highest BCUT2D eigenvalue weighted by molar-refractivity contribution is 9.10. The highest BCUT2D eigenvalue weighted by Crippen LogP contribution is 2.29. The van der Waals surface area contributed by atoms with Crippen molar-refractivity contribution in [3.8, 4) is 10.6 Å². The number of hydrogen-bond donors (Lipinski definition) is 0. The molecule has 0 fully saturated rings. The van der Waals surface area contributed by atoms with E-state index in [-0.39, 0.29) is 17.5 Å². The van der Waals surface area contributed by atoms with Gasteiger partial charge in [-0.15, -0.1) is 10.2 Å². The molecule has 1 heterocycles. The fraction of sp³-hybridized carbons (Fsp3) is 0.304. The Morgan fingerprint density at radius 1 is 1.03 bits per heavy atom. The van der Waals surface area contributed by atoms with E-state index in [0.717, 1.165) is 22.0 Å². The van der Waals surface area contributed by atoms with Crippen LogP contribution in [0.15, 0.2) is 53.0 Å². The van der Waals surface area contributed by atoms with E-state index >= 15 is 0 Å². The summed E-state index contributed by atoms with van der Waals surface area (Å²) in [7, 11) is 0. The number of rotatable bonds is 8. The first-order valence-corrected chi connectivity index (χ1v) is 11.2. The summed E-state index contributed by atoms with van der Waals surface area (Å²) in [4.78, 5) is 25.2. The number of carbonyl (C=O) groups is 2. The summed E-state index contributed by atoms with van der Waals surface area (Å²) >= 11 is 4.65. The Morgan fingerprint density at radius 3 is 2.52 bits per heavy atom. The maximum atomic E-state index is 12.7. The number of nitrogens with zero attached hydrogens (tertiary/aromatic N) is 2. The maximum absolute atomic E-state index is 12.7. The van der Waals surface area contributed by atoms with Crippen LogP contribution in [0.4, 0.5) is 0 Å². The normalized spacial score (nSPS) is 12.2. The summed E-state index contributed by atoms with van der Waals surface area (Å²) in [6.07, 6.45) is 1.49. The zero-order valence-electron chi connectivity index (χ0n) is 16.7. The molecule has 2 aromatic carbocycles. The Morgan fingerprint density at radius 2 is 1.79 bits per heavy atom. The first-order valence-electron chi connectivity index (χ1n) is 9.62. The number of hydrogen-bond acceptors (Lipinski definition) is 5. The fourth-order valence-electron chi connectivity index (χ4n) is 2.96. The van der Waals surface area contributed by atoms with Gasteiger partial charge in [-0.1, -0.05) is 78.4 Å². The first kappa shape index (κ1) is 21.5. The molecule has 1 atom stereocenters. The van der Waals surface area contributed by atoms with Crippen LogP contribution in [0, 0.1) is 5.92 Å². The number of Topliss-reactive ketones (excluding diaryl/α,β-unsaturated/α-hetero) is 1. The smallest absolute Gasteiger partial charge is 0.223 e. The summed E-state index contributed by atoms with van der Waals surface area (Å²) in [6.45, 7) is 6.20. The van der Waals surface area contributed by atoms with E-state index in [4.69, 9.17) is 0 Å². The average molecular weight is 471 g/mol.